The lowest BCUT2D eigenvalue weighted by atomic mass is 9.76. The fraction of sp³-hybridized carbons (Fsp3) is 0.333. The Morgan fingerprint density at radius 1 is 1.00 bits per heavy atom. The van der Waals surface area contributed by atoms with Crippen molar-refractivity contribution in [1.29, 1.82) is 0 Å². The lowest BCUT2D eigenvalue weighted by molar-refractivity contribution is -0.128. The molecular formula is C27H29N3O5. The maximum atomic E-state index is 13.0. The number of hydrogen-bond acceptors (Lipinski definition) is 6. The summed E-state index contributed by atoms with van der Waals surface area (Å²) in [7, 11) is 3.12. The van der Waals surface area contributed by atoms with Crippen LogP contribution in [0.15, 0.2) is 59.7 Å². The topological polar surface area (TPSA) is 111 Å². The van der Waals surface area contributed by atoms with Gasteiger partial charge in [-0.3, -0.25) is 9.59 Å². The molecule has 0 aromatic heterocycles. The number of carbonyl (C=O) groups excluding carboxylic acids is 2. The Balaban J connectivity index is 1.69. The second kappa shape index (κ2) is 13.0. The largest absolute Gasteiger partial charge is 0.493 e. The molecule has 3 rings (SSSR count). The molecule has 1 fully saturated rings. The lowest BCUT2D eigenvalue weighted by Gasteiger charge is -2.27. The Kier molecular flexibility index (Phi) is 9.51. The van der Waals surface area contributed by atoms with E-state index in [4.69, 9.17) is 19.7 Å². The van der Waals surface area contributed by atoms with Gasteiger partial charge in [0.25, 0.3) is 0 Å². The van der Waals surface area contributed by atoms with E-state index < -0.39 is 5.92 Å². The molecule has 1 unspecified atom stereocenters. The lowest BCUT2D eigenvalue weighted by Crippen LogP contribution is -2.26. The zero-order valence-electron chi connectivity index (χ0n) is 19.9. The van der Waals surface area contributed by atoms with Gasteiger partial charge in [0.2, 0.25) is 0 Å². The summed E-state index contributed by atoms with van der Waals surface area (Å²) >= 11 is 0. The molecule has 1 aliphatic rings. The summed E-state index contributed by atoms with van der Waals surface area (Å²) in [5.41, 5.74) is 9.88. The second-order valence-corrected chi connectivity index (χ2v) is 8.24. The zero-order chi connectivity index (χ0) is 25.0. The summed E-state index contributed by atoms with van der Waals surface area (Å²) in [5, 5.41) is 3.32. The van der Waals surface area contributed by atoms with Gasteiger partial charge >= 0.3 is 0 Å². The summed E-state index contributed by atoms with van der Waals surface area (Å²) in [6, 6.07) is 12.4. The maximum Gasteiger partial charge on any atom is 0.167 e. The average molecular weight is 476 g/mol. The van der Waals surface area contributed by atoms with Crippen molar-refractivity contribution in [3.63, 3.8) is 0 Å². The second-order valence-electron chi connectivity index (χ2n) is 8.24. The minimum Gasteiger partial charge on any atom is -0.493 e. The van der Waals surface area contributed by atoms with E-state index in [2.05, 4.69) is 10.0 Å². The van der Waals surface area contributed by atoms with E-state index in [1.807, 2.05) is 6.07 Å². The molecule has 35 heavy (non-hydrogen) atoms. The fourth-order valence-corrected chi connectivity index (χ4v) is 3.78. The third-order valence-electron chi connectivity index (χ3n) is 6.00. The Labute approximate surface area is 204 Å². The summed E-state index contributed by atoms with van der Waals surface area (Å²) < 4.78 is 15.8. The van der Waals surface area contributed by atoms with Crippen molar-refractivity contribution >= 4 is 23.7 Å². The quantitative estimate of drug-likeness (QED) is 0.116. The predicted octanol–water partition coefficient (Wildman–Crippen LogP) is 6.02. The molecule has 2 aromatic rings. The van der Waals surface area contributed by atoms with E-state index in [-0.39, 0.29) is 18.3 Å². The minimum absolute atomic E-state index is 0.0913. The van der Waals surface area contributed by atoms with Crippen molar-refractivity contribution in [3.8, 4) is 17.2 Å². The molecule has 182 valence electrons. The van der Waals surface area contributed by atoms with Crippen LogP contribution in [-0.4, -0.2) is 32.5 Å². The Morgan fingerprint density at radius 3 is 2.20 bits per heavy atom. The van der Waals surface area contributed by atoms with E-state index in [1.54, 1.807) is 62.8 Å². The minimum atomic E-state index is -0.709. The van der Waals surface area contributed by atoms with Crippen LogP contribution >= 0.6 is 0 Å². The molecule has 1 saturated carbocycles. The number of azide groups is 1. The first-order valence-electron chi connectivity index (χ1n) is 11.4. The van der Waals surface area contributed by atoms with Crippen LogP contribution in [0.3, 0.4) is 0 Å². The van der Waals surface area contributed by atoms with Crippen LogP contribution in [0.2, 0.25) is 0 Å². The predicted molar refractivity (Wildman–Crippen MR) is 134 cm³/mol. The van der Waals surface area contributed by atoms with Crippen LogP contribution in [-0.2, 0) is 9.59 Å². The van der Waals surface area contributed by atoms with Crippen LogP contribution in [0.5, 0.6) is 17.2 Å². The summed E-state index contributed by atoms with van der Waals surface area (Å²) in [6.45, 7) is -0.0913. The molecule has 0 amide bonds. The van der Waals surface area contributed by atoms with Crippen LogP contribution in [0.4, 0.5) is 0 Å². The molecular weight excluding hydrogens is 446 g/mol. The van der Waals surface area contributed by atoms with E-state index in [1.165, 1.54) is 12.2 Å². The highest BCUT2D eigenvalue weighted by molar-refractivity contribution is 6.13. The molecule has 0 aliphatic heterocycles. The van der Waals surface area contributed by atoms with Gasteiger partial charge < -0.3 is 14.2 Å². The van der Waals surface area contributed by atoms with Crippen LogP contribution in [0.1, 0.15) is 36.8 Å². The smallest absolute Gasteiger partial charge is 0.167 e. The third-order valence-corrected chi connectivity index (χ3v) is 6.00. The number of nitrogens with zero attached hydrogens (tertiary/aromatic N) is 3. The molecule has 2 aromatic carbocycles. The van der Waals surface area contributed by atoms with Crippen molar-refractivity contribution < 1.29 is 23.8 Å². The Hall–Kier alpha value is -4.03. The van der Waals surface area contributed by atoms with Gasteiger partial charge in [0.05, 0.1) is 20.1 Å². The van der Waals surface area contributed by atoms with E-state index in [0.29, 0.717) is 29.6 Å². The van der Waals surface area contributed by atoms with Gasteiger partial charge in [-0.15, -0.1) is 0 Å². The molecule has 8 nitrogen and oxygen atoms in total. The molecule has 1 aliphatic carbocycles. The first kappa shape index (κ1) is 25.6. The zero-order valence-corrected chi connectivity index (χ0v) is 19.9. The van der Waals surface area contributed by atoms with Gasteiger partial charge in [-0.25, -0.2) is 0 Å². The molecule has 0 saturated heterocycles. The van der Waals surface area contributed by atoms with E-state index in [9.17, 15) is 9.59 Å². The van der Waals surface area contributed by atoms with Gasteiger partial charge in [0, 0.05) is 4.91 Å². The van der Waals surface area contributed by atoms with Crippen LogP contribution in [0, 0.1) is 11.8 Å². The summed E-state index contributed by atoms with van der Waals surface area (Å²) in [5.74, 6) is 1.02. The standard InChI is InChI=1S/C27H29N3O5/c1-33-26-15-10-21(17-27(26)34-2)9-14-25(32)23(16-20-4-3-5-20)24(31)13-8-19-6-11-22(12-7-19)35-18-29-30-28/h6-15,17,20,23H,3-5,16,18H2,1-2H3/b13-8+,14-9+. The Bertz CT molecular complexity index is 1130. The van der Waals surface area contributed by atoms with Crippen molar-refractivity contribution in [3.05, 3.63) is 76.2 Å². The number of rotatable bonds is 13. The third kappa shape index (κ3) is 7.48. The molecule has 0 radical (unpaired) electrons. The molecule has 0 N–H and O–H groups in total. The fourth-order valence-electron chi connectivity index (χ4n) is 3.78. The van der Waals surface area contributed by atoms with Crippen molar-refractivity contribution in [2.45, 2.75) is 25.7 Å². The van der Waals surface area contributed by atoms with Crippen molar-refractivity contribution in [2.75, 3.05) is 21.0 Å². The summed E-state index contributed by atoms with van der Waals surface area (Å²) in [4.78, 5) is 28.7. The number of benzene rings is 2. The maximum absolute atomic E-state index is 13.0. The highest BCUT2D eigenvalue weighted by atomic mass is 16.5. The Morgan fingerprint density at radius 2 is 1.63 bits per heavy atom. The van der Waals surface area contributed by atoms with Crippen LogP contribution in [0.25, 0.3) is 22.6 Å². The van der Waals surface area contributed by atoms with Gasteiger partial charge in [0.15, 0.2) is 29.8 Å². The summed E-state index contributed by atoms with van der Waals surface area (Å²) in [6.07, 6.45) is 10.2. The van der Waals surface area contributed by atoms with Crippen molar-refractivity contribution in [2.24, 2.45) is 17.0 Å². The first-order chi connectivity index (χ1) is 17.0. The normalized spacial score (nSPS) is 14.2. The van der Waals surface area contributed by atoms with Gasteiger partial charge in [-0.05, 0) is 65.4 Å². The van der Waals surface area contributed by atoms with Crippen LogP contribution < -0.4 is 14.2 Å². The van der Waals surface area contributed by atoms with Gasteiger partial charge in [-0.1, -0.05) is 54.7 Å². The number of carbonyl (C=O) groups is 2. The van der Waals surface area contributed by atoms with Gasteiger partial charge in [0.1, 0.15) is 5.75 Å². The monoisotopic (exact) mass is 475 g/mol. The van der Waals surface area contributed by atoms with E-state index >= 15 is 0 Å². The number of methoxy groups -OCH3 is 2. The molecule has 0 heterocycles. The SMILES string of the molecule is COc1ccc(/C=C/C(=O)C(CC2CCC2)C(=O)/C=C/c2ccc(OCN=[N+]=[N-])cc2)cc1OC. The molecule has 1 atom stereocenters. The highest BCUT2D eigenvalue weighted by Crippen LogP contribution is 2.33. The highest BCUT2D eigenvalue weighted by Gasteiger charge is 2.29. The number of ether oxygens (including phenoxy) is 3. The van der Waals surface area contributed by atoms with E-state index in [0.717, 1.165) is 30.4 Å². The molecule has 0 bridgehead atoms. The first-order valence-corrected chi connectivity index (χ1v) is 11.4. The molecule has 0 spiro atoms. The molecule has 8 heteroatoms. The number of hydrogen-bond donors (Lipinski definition) is 0. The number of allylic oxidation sites excluding steroid dienone is 2. The number of ketones is 2. The average Bonchev–Trinajstić information content (AvgIpc) is 2.86. The van der Waals surface area contributed by atoms with Crippen molar-refractivity contribution in [1.82, 2.24) is 0 Å². The van der Waals surface area contributed by atoms with Gasteiger partial charge in [-0.2, -0.15) is 0 Å².